The summed E-state index contributed by atoms with van der Waals surface area (Å²) in [6, 6.07) is 10.9. The van der Waals surface area contributed by atoms with E-state index in [9.17, 15) is 9.18 Å². The van der Waals surface area contributed by atoms with E-state index in [0.717, 1.165) is 25.1 Å². The van der Waals surface area contributed by atoms with Crippen LogP contribution in [0.15, 0.2) is 36.4 Å². The Morgan fingerprint density at radius 3 is 2.80 bits per heavy atom. The molecule has 1 heterocycles. The molecule has 0 fully saturated rings. The Morgan fingerprint density at radius 2 is 2.00 bits per heavy atom. The first-order chi connectivity index (χ1) is 9.29. The number of fused-ring (bicyclic) bond motifs is 1. The van der Waals surface area contributed by atoms with Crippen molar-refractivity contribution in [3.63, 3.8) is 0 Å². The van der Waals surface area contributed by atoms with E-state index in [0.29, 0.717) is 11.8 Å². The SMILES string of the molecule is Cl.O=Cc1cccc(-c2ccc3c(c2)CCNC3)c1F. The van der Waals surface area contributed by atoms with Crippen LogP contribution >= 0.6 is 12.4 Å². The van der Waals surface area contributed by atoms with Gasteiger partial charge < -0.3 is 5.32 Å². The van der Waals surface area contributed by atoms with Crippen LogP contribution in [0, 0.1) is 5.82 Å². The number of hydrogen-bond acceptors (Lipinski definition) is 2. The van der Waals surface area contributed by atoms with Crippen LogP contribution < -0.4 is 5.32 Å². The largest absolute Gasteiger partial charge is 0.312 e. The van der Waals surface area contributed by atoms with Gasteiger partial charge in [-0.1, -0.05) is 30.3 Å². The second-order valence-electron chi connectivity index (χ2n) is 4.74. The second-order valence-corrected chi connectivity index (χ2v) is 4.74. The quantitative estimate of drug-likeness (QED) is 0.860. The van der Waals surface area contributed by atoms with E-state index in [-0.39, 0.29) is 18.0 Å². The highest BCUT2D eigenvalue weighted by Gasteiger charge is 2.13. The van der Waals surface area contributed by atoms with Crippen LogP contribution in [0.5, 0.6) is 0 Å². The van der Waals surface area contributed by atoms with Gasteiger partial charge >= 0.3 is 0 Å². The maximum atomic E-state index is 14.1. The van der Waals surface area contributed by atoms with E-state index < -0.39 is 5.82 Å². The van der Waals surface area contributed by atoms with Gasteiger partial charge in [0.05, 0.1) is 5.56 Å². The topological polar surface area (TPSA) is 29.1 Å². The van der Waals surface area contributed by atoms with E-state index in [4.69, 9.17) is 0 Å². The van der Waals surface area contributed by atoms with Gasteiger partial charge in [-0.25, -0.2) is 4.39 Å². The number of nitrogens with one attached hydrogen (secondary N) is 1. The third-order valence-corrected chi connectivity index (χ3v) is 3.56. The van der Waals surface area contributed by atoms with E-state index >= 15 is 0 Å². The Hall–Kier alpha value is -1.71. The van der Waals surface area contributed by atoms with Crippen LogP contribution in [0.2, 0.25) is 0 Å². The standard InChI is InChI=1S/C16H14FNO.ClH/c17-16-14(10-19)2-1-3-15(16)12-4-5-13-9-18-7-6-11(13)8-12;/h1-5,8,10,18H,6-7,9H2;1H. The number of aldehydes is 1. The first-order valence-electron chi connectivity index (χ1n) is 6.36. The number of hydrogen-bond donors (Lipinski definition) is 1. The Labute approximate surface area is 123 Å². The fraction of sp³-hybridized carbons (Fsp3) is 0.188. The Morgan fingerprint density at radius 1 is 1.15 bits per heavy atom. The van der Waals surface area contributed by atoms with Gasteiger partial charge in [-0.15, -0.1) is 12.4 Å². The minimum Gasteiger partial charge on any atom is -0.312 e. The number of rotatable bonds is 2. The van der Waals surface area contributed by atoms with Gasteiger partial charge in [0.25, 0.3) is 0 Å². The van der Waals surface area contributed by atoms with Crippen LogP contribution in [0.25, 0.3) is 11.1 Å². The maximum Gasteiger partial charge on any atom is 0.153 e. The summed E-state index contributed by atoms with van der Waals surface area (Å²) in [4.78, 5) is 10.8. The molecule has 1 aliphatic rings. The van der Waals surface area contributed by atoms with Crippen LogP contribution in [0.3, 0.4) is 0 Å². The Kier molecular flexibility index (Phi) is 4.53. The molecule has 4 heteroatoms. The van der Waals surface area contributed by atoms with E-state index in [1.807, 2.05) is 18.2 Å². The zero-order valence-corrected chi connectivity index (χ0v) is 11.7. The molecule has 0 bridgehead atoms. The summed E-state index contributed by atoms with van der Waals surface area (Å²) in [5.74, 6) is -0.439. The predicted octanol–water partition coefficient (Wildman–Crippen LogP) is 3.37. The molecule has 2 aromatic rings. The molecule has 0 atom stereocenters. The number of carbonyl (C=O) groups excluding carboxylic acids is 1. The molecule has 2 aromatic carbocycles. The van der Waals surface area contributed by atoms with Crippen LogP contribution in [0.4, 0.5) is 4.39 Å². The van der Waals surface area contributed by atoms with Crippen LogP contribution in [0.1, 0.15) is 21.5 Å². The monoisotopic (exact) mass is 291 g/mol. The van der Waals surface area contributed by atoms with Crippen molar-refractivity contribution < 1.29 is 9.18 Å². The molecule has 0 saturated heterocycles. The Balaban J connectivity index is 0.00000147. The van der Waals surface area contributed by atoms with E-state index in [1.54, 1.807) is 12.1 Å². The minimum atomic E-state index is -0.439. The van der Waals surface area contributed by atoms with Gasteiger partial charge in [0.2, 0.25) is 0 Å². The van der Waals surface area contributed by atoms with Gasteiger partial charge in [0.15, 0.2) is 6.29 Å². The van der Waals surface area contributed by atoms with E-state index in [2.05, 4.69) is 5.32 Å². The van der Waals surface area contributed by atoms with Gasteiger partial charge in [0.1, 0.15) is 5.82 Å². The normalized spacial score (nSPS) is 13.2. The zero-order chi connectivity index (χ0) is 13.2. The summed E-state index contributed by atoms with van der Waals surface area (Å²) in [5, 5.41) is 3.31. The van der Waals surface area contributed by atoms with Crippen molar-refractivity contribution in [1.82, 2.24) is 5.32 Å². The molecule has 20 heavy (non-hydrogen) atoms. The van der Waals surface area contributed by atoms with Crippen molar-refractivity contribution in [1.29, 1.82) is 0 Å². The van der Waals surface area contributed by atoms with Gasteiger partial charge in [0, 0.05) is 12.1 Å². The highest BCUT2D eigenvalue weighted by molar-refractivity contribution is 5.85. The van der Waals surface area contributed by atoms with Gasteiger partial charge in [-0.2, -0.15) is 0 Å². The molecule has 2 nitrogen and oxygen atoms in total. The number of halogens is 2. The van der Waals surface area contributed by atoms with Crippen molar-refractivity contribution in [3.05, 3.63) is 58.9 Å². The molecule has 0 radical (unpaired) electrons. The highest BCUT2D eigenvalue weighted by atomic mass is 35.5. The lowest BCUT2D eigenvalue weighted by Crippen LogP contribution is -2.23. The molecule has 104 valence electrons. The summed E-state index contributed by atoms with van der Waals surface area (Å²) in [7, 11) is 0. The summed E-state index contributed by atoms with van der Waals surface area (Å²) >= 11 is 0. The summed E-state index contributed by atoms with van der Waals surface area (Å²) in [5.41, 5.74) is 3.96. The van der Waals surface area contributed by atoms with E-state index in [1.165, 1.54) is 17.2 Å². The summed E-state index contributed by atoms with van der Waals surface area (Å²) in [6.07, 6.45) is 1.51. The summed E-state index contributed by atoms with van der Waals surface area (Å²) in [6.45, 7) is 1.82. The van der Waals surface area contributed by atoms with Gasteiger partial charge in [-0.05, 0) is 35.7 Å². The molecule has 0 unspecified atom stereocenters. The first kappa shape index (κ1) is 14.7. The second kappa shape index (κ2) is 6.16. The molecule has 1 aliphatic heterocycles. The lowest BCUT2D eigenvalue weighted by atomic mass is 9.94. The number of benzene rings is 2. The minimum absolute atomic E-state index is 0. The maximum absolute atomic E-state index is 14.1. The number of carbonyl (C=O) groups is 1. The van der Waals surface area contributed by atoms with Crippen molar-refractivity contribution in [3.8, 4) is 11.1 Å². The molecule has 0 aromatic heterocycles. The first-order valence-corrected chi connectivity index (χ1v) is 6.36. The van der Waals surface area contributed by atoms with Crippen molar-refractivity contribution in [2.45, 2.75) is 13.0 Å². The molecule has 3 rings (SSSR count). The predicted molar refractivity (Wildman–Crippen MR) is 79.9 cm³/mol. The molecular formula is C16H15ClFNO. The lowest BCUT2D eigenvalue weighted by molar-refractivity contribution is 0.112. The third-order valence-electron chi connectivity index (χ3n) is 3.56. The van der Waals surface area contributed by atoms with Gasteiger partial charge in [-0.3, -0.25) is 4.79 Å². The molecular weight excluding hydrogens is 277 g/mol. The van der Waals surface area contributed by atoms with Crippen molar-refractivity contribution in [2.24, 2.45) is 0 Å². The third kappa shape index (κ3) is 2.60. The average molecular weight is 292 g/mol. The molecule has 0 spiro atoms. The lowest BCUT2D eigenvalue weighted by Gasteiger charge is -2.18. The zero-order valence-electron chi connectivity index (χ0n) is 10.9. The summed E-state index contributed by atoms with van der Waals surface area (Å²) < 4.78 is 14.1. The molecule has 0 aliphatic carbocycles. The fourth-order valence-corrected chi connectivity index (χ4v) is 2.51. The average Bonchev–Trinajstić information content (AvgIpc) is 2.47. The van der Waals surface area contributed by atoms with Crippen molar-refractivity contribution in [2.75, 3.05) is 6.54 Å². The smallest absolute Gasteiger partial charge is 0.153 e. The van der Waals surface area contributed by atoms with Crippen LogP contribution in [-0.2, 0) is 13.0 Å². The van der Waals surface area contributed by atoms with Crippen LogP contribution in [-0.4, -0.2) is 12.8 Å². The molecule has 0 amide bonds. The van der Waals surface area contributed by atoms with Crippen molar-refractivity contribution >= 4 is 18.7 Å². The highest BCUT2D eigenvalue weighted by Crippen LogP contribution is 2.27. The molecule has 1 N–H and O–H groups in total. The Bertz CT molecular complexity index is 642. The molecule has 0 saturated carbocycles. The fourth-order valence-electron chi connectivity index (χ4n) is 2.51.